The molecule has 39 heavy (non-hydrogen) atoms. The van der Waals surface area contributed by atoms with Crippen molar-refractivity contribution in [2.75, 3.05) is 50.1 Å². The Morgan fingerprint density at radius 3 is 2.26 bits per heavy atom. The van der Waals surface area contributed by atoms with Gasteiger partial charge in [-0.25, -0.2) is 4.79 Å². The van der Waals surface area contributed by atoms with Gasteiger partial charge in [-0.05, 0) is 49.4 Å². The molecule has 1 N–H and O–H groups in total. The summed E-state index contributed by atoms with van der Waals surface area (Å²) < 4.78 is 10.1. The fraction of sp³-hybridized carbons (Fsp3) is 0.250. The molecule has 1 aliphatic heterocycles. The molecule has 0 spiro atoms. The number of piperazine rings is 1. The van der Waals surface area contributed by atoms with E-state index in [2.05, 4.69) is 5.32 Å². The van der Waals surface area contributed by atoms with Gasteiger partial charge in [0.15, 0.2) is 5.75 Å². The molecular weight excluding hydrogens is 504 g/mol. The summed E-state index contributed by atoms with van der Waals surface area (Å²) in [5.74, 6) is -1.16. The van der Waals surface area contributed by atoms with Crippen molar-refractivity contribution in [1.29, 1.82) is 0 Å². The van der Waals surface area contributed by atoms with Gasteiger partial charge in [-0.15, -0.1) is 0 Å². The molecule has 0 bridgehead atoms. The van der Waals surface area contributed by atoms with Crippen LogP contribution in [-0.2, 0) is 4.74 Å². The zero-order chi connectivity index (χ0) is 27.9. The van der Waals surface area contributed by atoms with Crippen molar-refractivity contribution in [3.05, 3.63) is 93.5 Å². The minimum absolute atomic E-state index is 0.0319. The number of nitrogens with zero attached hydrogens (tertiary/aromatic N) is 3. The van der Waals surface area contributed by atoms with Crippen LogP contribution in [0.5, 0.6) is 5.75 Å². The van der Waals surface area contributed by atoms with E-state index in [1.165, 1.54) is 25.3 Å². The summed E-state index contributed by atoms with van der Waals surface area (Å²) in [5, 5.41) is 14.2. The second kappa shape index (κ2) is 12.1. The number of carbonyl (C=O) groups excluding carboxylic acids is 3. The fourth-order valence-electron chi connectivity index (χ4n) is 4.34. The number of amides is 2. The number of rotatable bonds is 8. The molecule has 0 unspecified atom stereocenters. The molecule has 4 rings (SSSR count). The third-order valence-corrected chi connectivity index (χ3v) is 6.32. The summed E-state index contributed by atoms with van der Waals surface area (Å²) in [5.41, 5.74) is 1.55. The summed E-state index contributed by atoms with van der Waals surface area (Å²) in [7, 11) is 1.31. The largest absolute Gasteiger partial charge is 0.490 e. The molecule has 11 heteroatoms. The van der Waals surface area contributed by atoms with Gasteiger partial charge in [0.05, 0.1) is 35.6 Å². The first-order chi connectivity index (χ1) is 18.8. The van der Waals surface area contributed by atoms with Crippen molar-refractivity contribution >= 4 is 34.8 Å². The zero-order valence-corrected chi connectivity index (χ0v) is 21.6. The molecule has 0 radical (unpaired) electrons. The summed E-state index contributed by atoms with van der Waals surface area (Å²) in [4.78, 5) is 53.0. The molecule has 3 aromatic rings. The molecular formula is C28H28N4O7. The van der Waals surface area contributed by atoms with Gasteiger partial charge in [-0.3, -0.25) is 19.7 Å². The first kappa shape index (κ1) is 27.1. The van der Waals surface area contributed by atoms with Crippen LogP contribution in [0, 0.1) is 10.1 Å². The molecule has 1 heterocycles. The van der Waals surface area contributed by atoms with Gasteiger partial charge < -0.3 is 24.6 Å². The van der Waals surface area contributed by atoms with Crippen LogP contribution in [0.15, 0.2) is 66.7 Å². The summed E-state index contributed by atoms with van der Waals surface area (Å²) >= 11 is 0. The van der Waals surface area contributed by atoms with E-state index in [0.717, 1.165) is 6.07 Å². The van der Waals surface area contributed by atoms with Gasteiger partial charge in [0.1, 0.15) is 0 Å². The summed E-state index contributed by atoms with van der Waals surface area (Å²) in [6.45, 7) is 3.80. The third-order valence-electron chi connectivity index (χ3n) is 6.32. The lowest BCUT2D eigenvalue weighted by Crippen LogP contribution is -2.49. The maximum atomic E-state index is 13.2. The molecule has 1 fully saturated rings. The van der Waals surface area contributed by atoms with Crippen molar-refractivity contribution < 1.29 is 28.8 Å². The van der Waals surface area contributed by atoms with E-state index in [4.69, 9.17) is 9.47 Å². The van der Waals surface area contributed by atoms with Gasteiger partial charge in [0.2, 0.25) is 0 Å². The lowest BCUT2D eigenvalue weighted by atomic mass is 10.1. The van der Waals surface area contributed by atoms with E-state index in [0.29, 0.717) is 43.1 Å². The lowest BCUT2D eigenvalue weighted by molar-refractivity contribution is -0.385. The molecule has 1 aliphatic rings. The second-order valence-electron chi connectivity index (χ2n) is 8.70. The third kappa shape index (κ3) is 6.15. The number of nitrogens with one attached hydrogen (secondary N) is 1. The number of nitro benzene ring substituents is 1. The molecule has 1 saturated heterocycles. The molecule has 2 amide bonds. The number of hydrogen-bond acceptors (Lipinski definition) is 8. The Kier molecular flexibility index (Phi) is 8.40. The highest BCUT2D eigenvalue weighted by molar-refractivity contribution is 6.07. The Morgan fingerprint density at radius 1 is 0.923 bits per heavy atom. The van der Waals surface area contributed by atoms with Crippen molar-refractivity contribution in [2.24, 2.45) is 0 Å². The highest BCUT2D eigenvalue weighted by atomic mass is 16.6. The monoisotopic (exact) mass is 532 g/mol. The Bertz CT molecular complexity index is 1390. The van der Waals surface area contributed by atoms with Crippen LogP contribution in [-0.4, -0.2) is 67.5 Å². The number of benzene rings is 3. The van der Waals surface area contributed by atoms with Crippen LogP contribution < -0.4 is 15.0 Å². The topological polar surface area (TPSA) is 131 Å². The average Bonchev–Trinajstić information content (AvgIpc) is 2.97. The minimum Gasteiger partial charge on any atom is -0.490 e. The Balaban J connectivity index is 1.58. The highest BCUT2D eigenvalue weighted by Crippen LogP contribution is 2.31. The van der Waals surface area contributed by atoms with Gasteiger partial charge in [0.25, 0.3) is 11.8 Å². The maximum Gasteiger partial charge on any atom is 0.338 e. The van der Waals surface area contributed by atoms with E-state index in [9.17, 15) is 24.5 Å². The predicted octanol–water partition coefficient (Wildman–Crippen LogP) is 3.99. The second-order valence-corrected chi connectivity index (χ2v) is 8.70. The lowest BCUT2D eigenvalue weighted by Gasteiger charge is -2.37. The molecule has 202 valence electrons. The normalized spacial score (nSPS) is 13.0. The number of carbonyl (C=O) groups is 3. The van der Waals surface area contributed by atoms with Gasteiger partial charge >= 0.3 is 11.7 Å². The molecule has 0 aromatic heterocycles. The van der Waals surface area contributed by atoms with Gasteiger partial charge in [-0.2, -0.15) is 0 Å². The van der Waals surface area contributed by atoms with E-state index >= 15 is 0 Å². The van der Waals surface area contributed by atoms with E-state index in [-0.39, 0.29) is 35.1 Å². The van der Waals surface area contributed by atoms with E-state index < -0.39 is 16.8 Å². The van der Waals surface area contributed by atoms with Crippen molar-refractivity contribution in [3.8, 4) is 5.75 Å². The smallest absolute Gasteiger partial charge is 0.338 e. The average molecular weight is 533 g/mol. The van der Waals surface area contributed by atoms with Crippen LogP contribution in [0.3, 0.4) is 0 Å². The maximum absolute atomic E-state index is 13.2. The number of methoxy groups -OCH3 is 1. The first-order valence-electron chi connectivity index (χ1n) is 12.4. The number of hydrogen-bond donors (Lipinski definition) is 1. The van der Waals surface area contributed by atoms with Crippen LogP contribution in [0.4, 0.5) is 17.1 Å². The number of nitro groups is 1. The molecule has 3 aromatic carbocycles. The summed E-state index contributed by atoms with van der Waals surface area (Å²) in [6.07, 6.45) is 0. The number of esters is 1. The van der Waals surface area contributed by atoms with E-state index in [1.807, 2.05) is 23.1 Å². The van der Waals surface area contributed by atoms with Crippen molar-refractivity contribution in [2.45, 2.75) is 6.92 Å². The van der Waals surface area contributed by atoms with Crippen LogP contribution in [0.25, 0.3) is 0 Å². The van der Waals surface area contributed by atoms with Crippen LogP contribution in [0.2, 0.25) is 0 Å². The van der Waals surface area contributed by atoms with Crippen LogP contribution >= 0.6 is 0 Å². The SMILES string of the molecule is CCOC(=O)c1ccc(N2CCN(C(=O)c3ccccc3)CC2)c(NC(=O)c2ccc(OC)c([N+](=O)[O-])c2)c1. The van der Waals surface area contributed by atoms with Crippen molar-refractivity contribution in [3.63, 3.8) is 0 Å². The fourth-order valence-corrected chi connectivity index (χ4v) is 4.34. The van der Waals surface area contributed by atoms with Crippen LogP contribution in [0.1, 0.15) is 38.0 Å². The zero-order valence-electron chi connectivity index (χ0n) is 21.6. The molecule has 0 aliphatic carbocycles. The molecule has 0 saturated carbocycles. The standard InChI is InChI=1S/C28H28N4O7/c1-3-39-28(35)21-9-11-23(30-13-15-31(16-14-30)27(34)19-7-5-4-6-8-19)22(17-21)29-26(33)20-10-12-25(38-2)24(18-20)32(36)37/h4-12,17-18H,3,13-16H2,1-2H3,(H,29,33). The minimum atomic E-state index is -0.626. The molecule has 11 nitrogen and oxygen atoms in total. The predicted molar refractivity (Wildman–Crippen MR) is 145 cm³/mol. The summed E-state index contributed by atoms with van der Waals surface area (Å²) in [6, 6.07) is 17.8. The van der Waals surface area contributed by atoms with E-state index in [1.54, 1.807) is 36.1 Å². The highest BCUT2D eigenvalue weighted by Gasteiger charge is 2.25. The Morgan fingerprint density at radius 2 is 1.62 bits per heavy atom. The van der Waals surface area contributed by atoms with Gasteiger partial charge in [-0.1, -0.05) is 18.2 Å². The quantitative estimate of drug-likeness (QED) is 0.262. The first-order valence-corrected chi connectivity index (χ1v) is 12.4. The molecule has 0 atom stereocenters. The number of anilines is 2. The Labute approximate surface area is 225 Å². The van der Waals surface area contributed by atoms with Crippen molar-refractivity contribution in [1.82, 2.24) is 4.90 Å². The number of ether oxygens (including phenoxy) is 2. The van der Waals surface area contributed by atoms with Gasteiger partial charge in [0, 0.05) is 43.4 Å². The Hall–Kier alpha value is -4.93.